The molecule has 4 heterocycles. The van der Waals surface area contributed by atoms with Crippen LogP contribution in [0, 0.1) is 23.7 Å². The van der Waals surface area contributed by atoms with Crippen molar-refractivity contribution in [3.63, 3.8) is 0 Å². The fraction of sp³-hybridized carbons (Fsp3) is 0.724. The number of fused-ring (bicyclic) bond motifs is 2. The molecule has 1 N–H and O–H groups in total. The normalized spacial score (nSPS) is 36.8. The number of carbonyl (C=O) groups is 2. The van der Waals surface area contributed by atoms with Gasteiger partial charge in [0.2, 0.25) is 18.0 Å². The summed E-state index contributed by atoms with van der Waals surface area (Å²) >= 11 is 0. The average molecular weight is 548 g/mol. The minimum Gasteiger partial charge on any atom is -0.493 e. The van der Waals surface area contributed by atoms with Crippen molar-refractivity contribution in [1.82, 2.24) is 5.32 Å². The zero-order valence-electron chi connectivity index (χ0n) is 23.5. The van der Waals surface area contributed by atoms with Gasteiger partial charge < -0.3 is 29.0 Å². The monoisotopic (exact) mass is 547 g/mol. The first kappa shape index (κ1) is 28.1. The van der Waals surface area contributed by atoms with Crippen LogP contribution in [0.5, 0.6) is 11.5 Å². The molecule has 1 spiro atoms. The molecule has 8 atom stereocenters. The molecule has 10 nitrogen and oxygen atoms in total. The van der Waals surface area contributed by atoms with Crippen molar-refractivity contribution in [2.75, 3.05) is 20.8 Å². The molecule has 1 aromatic rings. The van der Waals surface area contributed by atoms with E-state index in [9.17, 15) is 9.59 Å². The van der Waals surface area contributed by atoms with Crippen LogP contribution >= 0.6 is 0 Å². The Morgan fingerprint density at radius 1 is 1.03 bits per heavy atom. The largest absolute Gasteiger partial charge is 0.493 e. The standard InChI is InChI=1S/C29H41NO9/c1-17-6-8-21-18(2)26(36-27-29(21)20(17)12-14-28(3,37-27)38-39-29)35-25(32)11-10-24(31)30-15-13-19-7-9-22(33-4)23(16-19)34-5/h7,9,16-18,20-21,26-27H,6,8,10-15H2,1-5H3,(H,30,31)/t17-,18+,20-,21+,26+,27-,28-,29+/m0/s1. The van der Waals surface area contributed by atoms with Gasteiger partial charge in [-0.15, -0.1) is 0 Å². The van der Waals surface area contributed by atoms with E-state index in [1.54, 1.807) is 14.2 Å². The second-order valence-electron chi connectivity index (χ2n) is 11.6. The van der Waals surface area contributed by atoms with Crippen LogP contribution in [0.3, 0.4) is 0 Å². The Labute approximate surface area is 229 Å². The van der Waals surface area contributed by atoms with Crippen LogP contribution < -0.4 is 14.8 Å². The van der Waals surface area contributed by atoms with E-state index in [1.165, 1.54) is 0 Å². The highest BCUT2D eigenvalue weighted by atomic mass is 17.3. The number of ether oxygens (including phenoxy) is 5. The lowest BCUT2D eigenvalue weighted by molar-refractivity contribution is -0.576. The summed E-state index contributed by atoms with van der Waals surface area (Å²) in [5.74, 6) is 0.384. The second kappa shape index (κ2) is 11.2. The fourth-order valence-electron chi connectivity index (χ4n) is 6.88. The van der Waals surface area contributed by atoms with Crippen molar-refractivity contribution in [2.24, 2.45) is 23.7 Å². The molecule has 6 rings (SSSR count). The zero-order valence-corrected chi connectivity index (χ0v) is 23.5. The predicted octanol–water partition coefficient (Wildman–Crippen LogP) is 3.89. The third kappa shape index (κ3) is 5.36. The summed E-state index contributed by atoms with van der Waals surface area (Å²) in [4.78, 5) is 37.1. The van der Waals surface area contributed by atoms with E-state index in [-0.39, 0.29) is 36.5 Å². The van der Waals surface area contributed by atoms with Gasteiger partial charge in [-0.05, 0) is 62.1 Å². The lowest BCUT2D eigenvalue weighted by Crippen LogP contribution is -2.70. The van der Waals surface area contributed by atoms with Crippen LogP contribution in [0.1, 0.15) is 64.9 Å². The Balaban J connectivity index is 1.12. The van der Waals surface area contributed by atoms with Crippen molar-refractivity contribution in [3.8, 4) is 11.5 Å². The number of hydrogen-bond donors (Lipinski definition) is 1. The topological polar surface area (TPSA) is 111 Å². The van der Waals surface area contributed by atoms with Crippen molar-refractivity contribution < 1.29 is 43.0 Å². The van der Waals surface area contributed by atoms with E-state index in [4.69, 9.17) is 33.5 Å². The SMILES string of the molecule is COc1ccc(CCNC(=O)CCC(=O)O[C@@H]2O[C@H]3O[C@]4(C)CC[C@H]5[C@@H](C)CC[C@H]([C@H]2C)[C@@]35OO4)cc1OC. The van der Waals surface area contributed by atoms with E-state index >= 15 is 0 Å². The third-order valence-corrected chi connectivity index (χ3v) is 9.08. The molecule has 4 saturated heterocycles. The van der Waals surface area contributed by atoms with Gasteiger partial charge in [-0.2, -0.15) is 0 Å². The smallest absolute Gasteiger partial charge is 0.308 e. The fourth-order valence-corrected chi connectivity index (χ4v) is 6.88. The Morgan fingerprint density at radius 3 is 2.59 bits per heavy atom. The minimum absolute atomic E-state index is 0.0346. The van der Waals surface area contributed by atoms with Crippen LogP contribution in [0.4, 0.5) is 0 Å². The molecular weight excluding hydrogens is 506 g/mol. The van der Waals surface area contributed by atoms with Crippen molar-refractivity contribution in [3.05, 3.63) is 23.8 Å². The van der Waals surface area contributed by atoms with Gasteiger partial charge in [-0.3, -0.25) is 9.59 Å². The molecule has 0 aromatic heterocycles. The van der Waals surface area contributed by atoms with Gasteiger partial charge in [0.1, 0.15) is 0 Å². The Morgan fingerprint density at radius 2 is 1.82 bits per heavy atom. The summed E-state index contributed by atoms with van der Waals surface area (Å²) in [5, 5.41) is 2.86. The van der Waals surface area contributed by atoms with E-state index in [0.717, 1.165) is 31.2 Å². The molecule has 0 radical (unpaired) electrons. The molecule has 39 heavy (non-hydrogen) atoms. The van der Waals surface area contributed by atoms with Crippen LogP contribution in [-0.4, -0.2) is 56.6 Å². The number of methoxy groups -OCH3 is 2. The van der Waals surface area contributed by atoms with Crippen LogP contribution in [-0.2, 0) is 40.0 Å². The molecule has 5 aliphatic rings. The summed E-state index contributed by atoms with van der Waals surface area (Å²) in [6, 6.07) is 5.64. The zero-order chi connectivity index (χ0) is 27.8. The summed E-state index contributed by atoms with van der Waals surface area (Å²) in [7, 11) is 3.17. The molecular formula is C29H41NO9. The molecule has 216 valence electrons. The van der Waals surface area contributed by atoms with Gasteiger partial charge >= 0.3 is 5.97 Å². The lowest BCUT2D eigenvalue weighted by Gasteiger charge is -2.59. The highest BCUT2D eigenvalue weighted by Crippen LogP contribution is 2.60. The number of esters is 1. The number of rotatable bonds is 9. The third-order valence-electron chi connectivity index (χ3n) is 9.08. The number of hydrogen-bond acceptors (Lipinski definition) is 9. The molecule has 4 aliphatic heterocycles. The second-order valence-corrected chi connectivity index (χ2v) is 11.6. The number of carbonyl (C=O) groups excluding carboxylic acids is 2. The maximum Gasteiger partial charge on any atom is 0.308 e. The van der Waals surface area contributed by atoms with E-state index in [2.05, 4.69) is 12.2 Å². The van der Waals surface area contributed by atoms with Gasteiger partial charge in [-0.1, -0.05) is 19.9 Å². The number of nitrogens with one attached hydrogen (secondary N) is 1. The van der Waals surface area contributed by atoms with Gasteiger partial charge in [0, 0.05) is 31.2 Å². The summed E-state index contributed by atoms with van der Waals surface area (Å²) in [6.07, 6.45) is 2.82. The van der Waals surface area contributed by atoms with Gasteiger partial charge in [0.25, 0.3) is 0 Å². The Kier molecular flexibility index (Phi) is 8.10. The van der Waals surface area contributed by atoms with Crippen LogP contribution in [0.2, 0.25) is 0 Å². The highest BCUT2D eigenvalue weighted by molar-refractivity contribution is 5.81. The predicted molar refractivity (Wildman–Crippen MR) is 138 cm³/mol. The highest BCUT2D eigenvalue weighted by Gasteiger charge is 2.69. The molecule has 1 aliphatic carbocycles. The first-order valence-corrected chi connectivity index (χ1v) is 14.1. The summed E-state index contributed by atoms with van der Waals surface area (Å²) in [5.41, 5.74) is 0.301. The van der Waals surface area contributed by atoms with Crippen LogP contribution in [0.15, 0.2) is 18.2 Å². The maximum atomic E-state index is 12.8. The lowest BCUT2D eigenvalue weighted by atomic mass is 9.58. The molecule has 0 unspecified atom stereocenters. The van der Waals surface area contributed by atoms with Crippen molar-refractivity contribution in [1.29, 1.82) is 0 Å². The summed E-state index contributed by atoms with van der Waals surface area (Å²) < 4.78 is 29.0. The molecule has 2 bridgehead atoms. The number of benzene rings is 1. The van der Waals surface area contributed by atoms with Crippen LogP contribution in [0.25, 0.3) is 0 Å². The Hall–Kier alpha value is -2.40. The van der Waals surface area contributed by atoms with E-state index in [1.807, 2.05) is 32.0 Å². The van der Waals surface area contributed by atoms with Crippen molar-refractivity contribution in [2.45, 2.75) is 89.7 Å². The minimum atomic E-state index is -0.887. The quantitative estimate of drug-likeness (QED) is 0.364. The maximum absolute atomic E-state index is 12.8. The number of amides is 1. The molecule has 5 fully saturated rings. The molecule has 1 amide bonds. The summed E-state index contributed by atoms with van der Waals surface area (Å²) in [6.45, 7) is 6.59. The Bertz CT molecular complexity index is 1070. The van der Waals surface area contributed by atoms with Crippen molar-refractivity contribution >= 4 is 11.9 Å². The van der Waals surface area contributed by atoms with Gasteiger partial charge in [0.15, 0.2) is 23.4 Å². The van der Waals surface area contributed by atoms with Gasteiger partial charge in [-0.25, -0.2) is 9.78 Å². The average Bonchev–Trinajstić information content (AvgIpc) is 3.16. The molecule has 1 aromatic carbocycles. The molecule has 10 heteroatoms. The first-order chi connectivity index (χ1) is 18.7. The van der Waals surface area contributed by atoms with E-state index < -0.39 is 29.9 Å². The molecule has 1 saturated carbocycles. The van der Waals surface area contributed by atoms with Gasteiger partial charge in [0.05, 0.1) is 20.6 Å². The first-order valence-electron chi connectivity index (χ1n) is 14.1. The van der Waals surface area contributed by atoms with E-state index in [0.29, 0.717) is 30.4 Å².